The molecule has 8 nitrogen and oxygen atoms in total. The number of amides is 2. The maximum atomic E-state index is 13.0. The van der Waals surface area contributed by atoms with E-state index in [1.165, 1.54) is 7.11 Å². The number of carbonyl (C=O) groups is 3. The lowest BCUT2D eigenvalue weighted by atomic mass is 10.00. The molecule has 2 amide bonds. The Morgan fingerprint density at radius 3 is 2.26 bits per heavy atom. The molecule has 0 spiro atoms. The number of methoxy groups -OCH3 is 1. The molecule has 0 aliphatic heterocycles. The number of hydrogen-bond donors (Lipinski definition) is 3. The minimum Gasteiger partial charge on any atom is -0.480 e. The summed E-state index contributed by atoms with van der Waals surface area (Å²) in [6.45, 7) is 0. The Kier molecular flexibility index (Phi) is 8.67. The Morgan fingerprint density at radius 1 is 0.791 bits per heavy atom. The predicted molar refractivity (Wildman–Crippen MR) is 170 cm³/mol. The molecule has 216 valence electrons. The van der Waals surface area contributed by atoms with Crippen LogP contribution >= 0.6 is 0 Å². The lowest BCUT2D eigenvalue weighted by Crippen LogP contribution is -2.32. The summed E-state index contributed by atoms with van der Waals surface area (Å²) in [5.41, 5.74) is 4.73. The maximum Gasteiger partial charge on any atom is 0.339 e. The molecule has 0 saturated carbocycles. The van der Waals surface area contributed by atoms with Crippen molar-refractivity contribution in [3.05, 3.63) is 126 Å². The van der Waals surface area contributed by atoms with Gasteiger partial charge in [-0.3, -0.25) is 4.90 Å². The van der Waals surface area contributed by atoms with Gasteiger partial charge < -0.3 is 20.5 Å². The first kappa shape index (κ1) is 28.9. The number of aliphatic carboxylic acids is 1. The Balaban J connectivity index is 1.27. The fourth-order valence-corrected chi connectivity index (χ4v) is 4.84. The van der Waals surface area contributed by atoms with Crippen molar-refractivity contribution in [1.82, 2.24) is 0 Å². The fourth-order valence-electron chi connectivity index (χ4n) is 4.84. The van der Waals surface area contributed by atoms with Crippen LogP contribution in [0.5, 0.6) is 0 Å². The molecule has 1 atom stereocenters. The first-order chi connectivity index (χ1) is 20.8. The molecule has 0 fully saturated rings. The molecule has 0 bridgehead atoms. The number of carboxylic acid groups (broad SMARTS) is 1. The van der Waals surface area contributed by atoms with Crippen LogP contribution < -0.4 is 15.5 Å². The van der Waals surface area contributed by atoms with E-state index >= 15 is 0 Å². The number of nitrogens with one attached hydrogen (secondary N) is 2. The third-order valence-electron chi connectivity index (χ3n) is 7.23. The summed E-state index contributed by atoms with van der Waals surface area (Å²) in [4.78, 5) is 38.8. The molecule has 0 aromatic heterocycles. The number of anilines is 3. The van der Waals surface area contributed by atoms with Gasteiger partial charge in [-0.05, 0) is 63.9 Å². The van der Waals surface area contributed by atoms with Crippen molar-refractivity contribution in [2.75, 3.05) is 29.7 Å². The molecule has 0 unspecified atom stereocenters. The van der Waals surface area contributed by atoms with E-state index in [2.05, 4.69) is 10.6 Å². The second-order valence-electron chi connectivity index (χ2n) is 10.1. The van der Waals surface area contributed by atoms with E-state index in [-0.39, 0.29) is 18.0 Å². The Bertz CT molecular complexity index is 1780. The second kappa shape index (κ2) is 12.9. The van der Waals surface area contributed by atoms with Gasteiger partial charge in [0.2, 0.25) is 0 Å². The standard InChI is InChI=1S/C35H31N3O5/c1-38(35(42)36-28-19-18-24-8-3-4-9-26(24)21-28)29-11-7-10-27(22-29)25-16-14-23(15-17-25)20-32(33(39)40)37-31-13-6-5-12-30(31)34(41)43-2/h3-19,21-22,32,37H,20H2,1-2H3,(H,36,42)(H,39,40)/t32-/m0/s1. The predicted octanol–water partition coefficient (Wildman–Crippen LogP) is 7.07. The minimum atomic E-state index is -1.04. The highest BCUT2D eigenvalue weighted by Gasteiger charge is 2.21. The topological polar surface area (TPSA) is 108 Å². The average Bonchev–Trinajstić information content (AvgIpc) is 3.04. The van der Waals surface area contributed by atoms with Crippen LogP contribution in [0.3, 0.4) is 0 Å². The van der Waals surface area contributed by atoms with E-state index < -0.39 is 18.0 Å². The number of urea groups is 1. The number of nitrogens with zero attached hydrogens (tertiary/aromatic N) is 1. The minimum absolute atomic E-state index is 0.197. The fraction of sp³-hybridized carbons (Fsp3) is 0.114. The number of carbonyl (C=O) groups excluding carboxylic acids is 2. The third-order valence-corrected chi connectivity index (χ3v) is 7.23. The van der Waals surface area contributed by atoms with Crippen LogP contribution in [0.4, 0.5) is 21.9 Å². The number of fused-ring (bicyclic) bond motifs is 1. The summed E-state index contributed by atoms with van der Waals surface area (Å²) in [5, 5.41) is 17.9. The lowest BCUT2D eigenvalue weighted by Gasteiger charge is -2.19. The number of carboxylic acids is 1. The smallest absolute Gasteiger partial charge is 0.339 e. The van der Waals surface area contributed by atoms with Crippen LogP contribution in [0.1, 0.15) is 15.9 Å². The molecule has 8 heteroatoms. The Hall–Kier alpha value is -5.63. The zero-order valence-electron chi connectivity index (χ0n) is 23.8. The van der Waals surface area contributed by atoms with Crippen molar-refractivity contribution < 1.29 is 24.2 Å². The number of benzene rings is 5. The lowest BCUT2D eigenvalue weighted by molar-refractivity contribution is -0.137. The maximum absolute atomic E-state index is 13.0. The van der Waals surface area contributed by atoms with E-state index in [9.17, 15) is 19.5 Å². The summed E-state index contributed by atoms with van der Waals surface area (Å²) in [5.74, 6) is -1.59. The highest BCUT2D eigenvalue weighted by molar-refractivity contribution is 6.03. The zero-order valence-corrected chi connectivity index (χ0v) is 23.8. The molecule has 0 saturated heterocycles. The van der Waals surface area contributed by atoms with Crippen LogP contribution in [-0.4, -0.2) is 43.3 Å². The third kappa shape index (κ3) is 6.82. The quantitative estimate of drug-likeness (QED) is 0.163. The Labute approximate surface area is 249 Å². The number of para-hydroxylation sites is 1. The van der Waals surface area contributed by atoms with Crippen LogP contribution in [-0.2, 0) is 16.0 Å². The van der Waals surface area contributed by atoms with Crippen LogP contribution in [0.25, 0.3) is 21.9 Å². The Morgan fingerprint density at radius 2 is 1.51 bits per heavy atom. The molecule has 0 radical (unpaired) electrons. The summed E-state index contributed by atoms with van der Waals surface area (Å²) >= 11 is 0. The molecule has 0 aliphatic rings. The van der Waals surface area contributed by atoms with Crippen molar-refractivity contribution >= 4 is 45.8 Å². The molecule has 5 aromatic carbocycles. The van der Waals surface area contributed by atoms with Gasteiger partial charge in [0, 0.05) is 30.5 Å². The summed E-state index contributed by atoms with van der Waals surface area (Å²) in [7, 11) is 3.00. The van der Waals surface area contributed by atoms with E-state index in [0.29, 0.717) is 11.4 Å². The highest BCUT2D eigenvalue weighted by atomic mass is 16.5. The highest BCUT2D eigenvalue weighted by Crippen LogP contribution is 2.27. The van der Waals surface area contributed by atoms with Gasteiger partial charge in [-0.2, -0.15) is 0 Å². The second-order valence-corrected chi connectivity index (χ2v) is 10.1. The van der Waals surface area contributed by atoms with Gasteiger partial charge in [-0.25, -0.2) is 14.4 Å². The molecule has 3 N–H and O–H groups in total. The molecular formula is C35H31N3O5. The average molecular weight is 574 g/mol. The van der Waals surface area contributed by atoms with Crippen molar-refractivity contribution in [3.63, 3.8) is 0 Å². The van der Waals surface area contributed by atoms with Crippen LogP contribution in [0.15, 0.2) is 115 Å². The zero-order chi connectivity index (χ0) is 30.3. The summed E-state index contributed by atoms with van der Waals surface area (Å²) in [6.07, 6.45) is 0.197. The first-order valence-corrected chi connectivity index (χ1v) is 13.7. The number of esters is 1. The van der Waals surface area contributed by atoms with E-state index in [1.54, 1.807) is 36.2 Å². The normalized spacial score (nSPS) is 11.4. The van der Waals surface area contributed by atoms with Crippen molar-refractivity contribution in [2.45, 2.75) is 12.5 Å². The summed E-state index contributed by atoms with van der Waals surface area (Å²) < 4.78 is 4.82. The van der Waals surface area contributed by atoms with Crippen LogP contribution in [0, 0.1) is 0 Å². The molecule has 0 aliphatic carbocycles. The molecular weight excluding hydrogens is 542 g/mol. The number of ether oxygens (including phenoxy) is 1. The van der Waals surface area contributed by atoms with Crippen molar-refractivity contribution in [2.24, 2.45) is 0 Å². The van der Waals surface area contributed by atoms with Gasteiger partial charge in [-0.1, -0.05) is 78.9 Å². The van der Waals surface area contributed by atoms with Crippen LogP contribution in [0.2, 0.25) is 0 Å². The summed E-state index contributed by atoms with van der Waals surface area (Å²) in [6, 6.07) is 34.5. The molecule has 5 rings (SSSR count). The SMILES string of the molecule is COC(=O)c1ccccc1N[C@@H](Cc1ccc(-c2cccc(N(C)C(=O)Nc3ccc4ccccc4c3)c2)cc1)C(=O)O. The number of hydrogen-bond acceptors (Lipinski definition) is 5. The monoisotopic (exact) mass is 573 g/mol. The van der Waals surface area contributed by atoms with Gasteiger partial charge in [0.25, 0.3) is 0 Å². The van der Waals surface area contributed by atoms with E-state index in [4.69, 9.17) is 4.74 Å². The molecule has 5 aromatic rings. The number of rotatable bonds is 9. The van der Waals surface area contributed by atoms with Crippen molar-refractivity contribution in [3.8, 4) is 11.1 Å². The largest absolute Gasteiger partial charge is 0.480 e. The van der Waals surface area contributed by atoms with E-state index in [1.807, 2.05) is 91.0 Å². The van der Waals surface area contributed by atoms with Gasteiger partial charge in [0.05, 0.1) is 12.7 Å². The van der Waals surface area contributed by atoms with Crippen molar-refractivity contribution in [1.29, 1.82) is 0 Å². The van der Waals surface area contributed by atoms with E-state index in [0.717, 1.165) is 33.2 Å². The first-order valence-electron chi connectivity index (χ1n) is 13.7. The van der Waals surface area contributed by atoms with Gasteiger partial charge >= 0.3 is 18.0 Å². The molecule has 0 heterocycles. The molecule has 43 heavy (non-hydrogen) atoms. The van der Waals surface area contributed by atoms with Gasteiger partial charge in [0.15, 0.2) is 0 Å². The van der Waals surface area contributed by atoms with Gasteiger partial charge in [-0.15, -0.1) is 0 Å². The van der Waals surface area contributed by atoms with Gasteiger partial charge in [0.1, 0.15) is 6.04 Å².